The molecule has 2 aromatic rings. The van der Waals surface area contributed by atoms with Crippen LogP contribution in [0.15, 0.2) is 42.5 Å². The first-order valence-corrected chi connectivity index (χ1v) is 7.94. The third-order valence-corrected chi connectivity index (χ3v) is 4.03. The number of hydrogen-bond acceptors (Lipinski definition) is 3. The van der Waals surface area contributed by atoms with Crippen molar-refractivity contribution in [3.63, 3.8) is 0 Å². The minimum absolute atomic E-state index is 0.346. The molecule has 0 aromatic heterocycles. The van der Waals surface area contributed by atoms with Gasteiger partial charge in [-0.25, -0.2) is 9.86 Å². The number of rotatable bonds is 6. The van der Waals surface area contributed by atoms with E-state index in [4.69, 9.17) is 32.8 Å². The van der Waals surface area contributed by atoms with Gasteiger partial charge in [0.1, 0.15) is 0 Å². The van der Waals surface area contributed by atoms with E-state index in [1.807, 2.05) is 18.2 Å². The monoisotopic (exact) mass is 368 g/mol. The summed E-state index contributed by atoms with van der Waals surface area (Å²) in [4.78, 5) is 16.5. The van der Waals surface area contributed by atoms with Gasteiger partial charge in [-0.15, -0.1) is 0 Å². The Bertz CT molecular complexity index is 693. The summed E-state index contributed by atoms with van der Waals surface area (Å²) >= 11 is 11.8. The van der Waals surface area contributed by atoms with E-state index in [1.54, 1.807) is 24.3 Å². The number of nitrogens with one attached hydrogen (secondary N) is 1. The lowest BCUT2D eigenvalue weighted by molar-refractivity contribution is -0.0598. The van der Waals surface area contributed by atoms with Crippen molar-refractivity contribution in [2.75, 3.05) is 19.5 Å². The maximum Gasteiger partial charge on any atom is 0.345 e. The van der Waals surface area contributed by atoms with Gasteiger partial charge in [0, 0.05) is 12.7 Å². The number of amides is 2. The Labute approximate surface area is 151 Å². The fourth-order valence-electron chi connectivity index (χ4n) is 1.89. The minimum Gasteiger partial charge on any atom is -0.372 e. The summed E-state index contributed by atoms with van der Waals surface area (Å²) in [6.45, 7) is 0.889. The highest BCUT2D eigenvalue weighted by atomic mass is 35.5. The summed E-state index contributed by atoms with van der Waals surface area (Å²) in [5.74, 6) is 0. The Morgan fingerprint density at radius 1 is 1.04 bits per heavy atom. The van der Waals surface area contributed by atoms with E-state index < -0.39 is 0 Å². The van der Waals surface area contributed by atoms with Crippen molar-refractivity contribution >= 4 is 34.9 Å². The second-order valence-corrected chi connectivity index (χ2v) is 5.86. The number of benzene rings is 2. The van der Waals surface area contributed by atoms with Crippen LogP contribution >= 0.6 is 23.2 Å². The number of carbonyl (C=O) groups excluding carboxylic acids is 1. The Kier molecular flexibility index (Phi) is 6.87. The molecule has 24 heavy (non-hydrogen) atoms. The van der Waals surface area contributed by atoms with Crippen LogP contribution in [-0.2, 0) is 22.8 Å². The molecule has 0 spiro atoms. The Hall–Kier alpha value is -1.79. The standard InChI is InChI=1S/C17H18Cl2N2O3/c1-21(23-2)17(22)20-14-6-3-12(4-7-14)10-24-11-13-5-8-15(18)16(19)9-13/h3-9H,10-11H2,1-2H3,(H,20,22). The van der Waals surface area contributed by atoms with Crippen LogP contribution in [0, 0.1) is 0 Å². The van der Waals surface area contributed by atoms with Gasteiger partial charge in [-0.3, -0.25) is 4.84 Å². The van der Waals surface area contributed by atoms with E-state index in [2.05, 4.69) is 5.32 Å². The molecule has 0 atom stereocenters. The first-order chi connectivity index (χ1) is 11.5. The highest BCUT2D eigenvalue weighted by Crippen LogP contribution is 2.23. The number of anilines is 1. The molecule has 5 nitrogen and oxygen atoms in total. The van der Waals surface area contributed by atoms with Gasteiger partial charge in [0.2, 0.25) is 0 Å². The Morgan fingerprint density at radius 2 is 1.67 bits per heavy atom. The van der Waals surface area contributed by atoms with Crippen LogP contribution in [0.3, 0.4) is 0 Å². The molecule has 0 heterocycles. The summed E-state index contributed by atoms with van der Waals surface area (Å²) in [5.41, 5.74) is 2.63. The fraction of sp³-hybridized carbons (Fsp3) is 0.235. The number of carbonyl (C=O) groups is 1. The normalized spacial score (nSPS) is 10.5. The molecular weight excluding hydrogens is 351 g/mol. The zero-order valence-electron chi connectivity index (χ0n) is 13.4. The smallest absolute Gasteiger partial charge is 0.345 e. The van der Waals surface area contributed by atoms with E-state index in [1.165, 1.54) is 14.2 Å². The van der Waals surface area contributed by atoms with Gasteiger partial charge in [0.15, 0.2) is 0 Å². The second-order valence-electron chi connectivity index (χ2n) is 5.05. The maximum absolute atomic E-state index is 11.7. The SMILES string of the molecule is CON(C)C(=O)Nc1ccc(COCc2ccc(Cl)c(Cl)c2)cc1. The summed E-state index contributed by atoms with van der Waals surface area (Å²) in [6, 6.07) is 12.4. The third-order valence-electron chi connectivity index (χ3n) is 3.29. The Morgan fingerprint density at radius 3 is 2.29 bits per heavy atom. The summed E-state index contributed by atoms with van der Waals surface area (Å²) in [5, 5.41) is 4.85. The van der Waals surface area contributed by atoms with Gasteiger partial charge in [-0.2, -0.15) is 0 Å². The highest BCUT2D eigenvalue weighted by molar-refractivity contribution is 6.42. The number of ether oxygens (including phenoxy) is 1. The first kappa shape index (κ1) is 18.5. The molecule has 0 aliphatic rings. The van der Waals surface area contributed by atoms with E-state index in [0.29, 0.717) is 28.9 Å². The van der Waals surface area contributed by atoms with Crippen molar-refractivity contribution in [1.29, 1.82) is 0 Å². The van der Waals surface area contributed by atoms with Crippen LogP contribution in [-0.4, -0.2) is 25.3 Å². The van der Waals surface area contributed by atoms with Crippen molar-refractivity contribution in [3.05, 3.63) is 63.6 Å². The molecule has 2 rings (SSSR count). The predicted octanol–water partition coefficient (Wildman–Crippen LogP) is 4.74. The van der Waals surface area contributed by atoms with Crippen LogP contribution in [0.5, 0.6) is 0 Å². The molecule has 0 bridgehead atoms. The van der Waals surface area contributed by atoms with Crippen LogP contribution < -0.4 is 5.32 Å². The molecule has 2 amide bonds. The van der Waals surface area contributed by atoms with Crippen molar-refractivity contribution in [1.82, 2.24) is 5.06 Å². The molecule has 7 heteroatoms. The minimum atomic E-state index is -0.346. The highest BCUT2D eigenvalue weighted by Gasteiger charge is 2.07. The number of nitrogens with zero attached hydrogens (tertiary/aromatic N) is 1. The molecule has 1 N–H and O–H groups in total. The molecular formula is C17H18Cl2N2O3. The van der Waals surface area contributed by atoms with Crippen LogP contribution in [0.25, 0.3) is 0 Å². The third kappa shape index (κ3) is 5.39. The van der Waals surface area contributed by atoms with Gasteiger partial charge in [-0.1, -0.05) is 41.4 Å². The van der Waals surface area contributed by atoms with Gasteiger partial charge < -0.3 is 10.1 Å². The van der Waals surface area contributed by atoms with Crippen molar-refractivity contribution in [3.8, 4) is 0 Å². The van der Waals surface area contributed by atoms with Gasteiger partial charge in [0.05, 0.1) is 30.4 Å². The van der Waals surface area contributed by atoms with Gasteiger partial charge >= 0.3 is 6.03 Å². The number of urea groups is 1. The van der Waals surface area contributed by atoms with Crippen LogP contribution in [0.1, 0.15) is 11.1 Å². The van der Waals surface area contributed by atoms with Crippen molar-refractivity contribution in [2.45, 2.75) is 13.2 Å². The lowest BCUT2D eigenvalue weighted by Gasteiger charge is -2.14. The van der Waals surface area contributed by atoms with E-state index in [0.717, 1.165) is 16.2 Å². The van der Waals surface area contributed by atoms with E-state index >= 15 is 0 Å². The summed E-state index contributed by atoms with van der Waals surface area (Å²) < 4.78 is 5.66. The van der Waals surface area contributed by atoms with Crippen molar-refractivity contribution < 1.29 is 14.4 Å². The topological polar surface area (TPSA) is 50.8 Å². The predicted molar refractivity (Wildman–Crippen MR) is 95.2 cm³/mol. The number of hydroxylamine groups is 2. The Balaban J connectivity index is 1.83. The molecule has 0 saturated carbocycles. The van der Waals surface area contributed by atoms with Crippen LogP contribution in [0.2, 0.25) is 10.0 Å². The molecule has 128 valence electrons. The lowest BCUT2D eigenvalue weighted by atomic mass is 10.2. The molecule has 0 radical (unpaired) electrons. The first-order valence-electron chi connectivity index (χ1n) is 7.19. The summed E-state index contributed by atoms with van der Waals surface area (Å²) in [6.07, 6.45) is 0. The zero-order chi connectivity index (χ0) is 17.5. The second kappa shape index (κ2) is 8.89. The summed E-state index contributed by atoms with van der Waals surface area (Å²) in [7, 11) is 2.95. The molecule has 0 saturated heterocycles. The average Bonchev–Trinajstić information content (AvgIpc) is 2.58. The number of hydrogen-bond donors (Lipinski definition) is 1. The lowest BCUT2D eigenvalue weighted by Crippen LogP contribution is -2.30. The largest absolute Gasteiger partial charge is 0.372 e. The molecule has 2 aromatic carbocycles. The fourth-order valence-corrected chi connectivity index (χ4v) is 2.21. The van der Waals surface area contributed by atoms with Gasteiger partial charge in [0.25, 0.3) is 0 Å². The molecule has 0 aliphatic carbocycles. The molecule has 0 fully saturated rings. The zero-order valence-corrected chi connectivity index (χ0v) is 14.9. The van der Waals surface area contributed by atoms with E-state index in [9.17, 15) is 4.79 Å². The van der Waals surface area contributed by atoms with Crippen molar-refractivity contribution in [2.24, 2.45) is 0 Å². The van der Waals surface area contributed by atoms with E-state index in [-0.39, 0.29) is 6.03 Å². The van der Waals surface area contributed by atoms with Crippen LogP contribution in [0.4, 0.5) is 10.5 Å². The molecule has 0 aliphatic heterocycles. The quantitative estimate of drug-likeness (QED) is 0.749. The maximum atomic E-state index is 11.7. The average molecular weight is 369 g/mol. The molecule has 0 unspecified atom stereocenters. The number of halogens is 2. The van der Waals surface area contributed by atoms with Gasteiger partial charge in [-0.05, 0) is 35.4 Å².